The molecule has 1 aliphatic rings. The second kappa shape index (κ2) is 9.36. The van der Waals surface area contributed by atoms with Crippen LogP contribution in [0.5, 0.6) is 5.75 Å². The number of nitrogens with one attached hydrogen (secondary N) is 2. The molecule has 1 aromatic carbocycles. The lowest BCUT2D eigenvalue weighted by molar-refractivity contribution is 0.0378. The van der Waals surface area contributed by atoms with Crippen LogP contribution in [0.3, 0.4) is 0 Å². The third-order valence-electron chi connectivity index (χ3n) is 4.80. The van der Waals surface area contributed by atoms with Crippen molar-refractivity contribution in [2.45, 2.75) is 24.4 Å². The van der Waals surface area contributed by atoms with Gasteiger partial charge in [0.25, 0.3) is 12.3 Å². The van der Waals surface area contributed by atoms with Crippen molar-refractivity contribution < 1.29 is 31.9 Å². The SMILES string of the molecule is COc1ccc(C(=O)Nc2cc(F)c(F)c([C@]3(C(F)F)C[C@@H](CN)NOC(N)=N3)c2)nc1. The number of methoxy groups -OCH3 is 1. The van der Waals surface area contributed by atoms with Crippen molar-refractivity contribution >= 4 is 17.6 Å². The number of amidine groups is 1. The molecule has 0 aliphatic carbocycles. The van der Waals surface area contributed by atoms with Gasteiger partial charge in [-0.1, -0.05) is 0 Å². The third kappa shape index (κ3) is 4.57. The molecule has 32 heavy (non-hydrogen) atoms. The maximum atomic E-state index is 14.8. The van der Waals surface area contributed by atoms with Gasteiger partial charge in [0.2, 0.25) is 0 Å². The number of hydroxylamine groups is 1. The van der Waals surface area contributed by atoms with Gasteiger partial charge >= 0.3 is 6.02 Å². The van der Waals surface area contributed by atoms with Gasteiger partial charge in [-0.25, -0.2) is 27.5 Å². The molecule has 0 spiro atoms. The summed E-state index contributed by atoms with van der Waals surface area (Å²) in [5, 5.41) is 2.31. The Morgan fingerprint density at radius 2 is 2.16 bits per heavy atom. The lowest BCUT2D eigenvalue weighted by Gasteiger charge is -2.31. The van der Waals surface area contributed by atoms with Crippen LogP contribution in [0.25, 0.3) is 0 Å². The molecule has 0 fully saturated rings. The van der Waals surface area contributed by atoms with Crippen molar-refractivity contribution in [1.29, 1.82) is 0 Å². The number of benzene rings is 1. The highest BCUT2D eigenvalue weighted by Gasteiger charge is 2.48. The van der Waals surface area contributed by atoms with Gasteiger partial charge in [-0.2, -0.15) is 0 Å². The Kier molecular flexibility index (Phi) is 6.79. The lowest BCUT2D eigenvalue weighted by atomic mass is 9.83. The van der Waals surface area contributed by atoms with Crippen LogP contribution < -0.4 is 27.0 Å². The summed E-state index contributed by atoms with van der Waals surface area (Å²) in [6, 6.07) is 2.70. The first-order chi connectivity index (χ1) is 15.2. The fourth-order valence-electron chi connectivity index (χ4n) is 3.19. The maximum absolute atomic E-state index is 14.8. The fraction of sp³-hybridized carbons (Fsp3) is 0.316. The van der Waals surface area contributed by atoms with E-state index in [2.05, 4.69) is 20.8 Å². The Hall–Kier alpha value is -3.45. The van der Waals surface area contributed by atoms with Gasteiger partial charge in [0, 0.05) is 30.3 Å². The highest BCUT2D eigenvalue weighted by atomic mass is 19.3. The molecule has 1 amide bonds. The number of hydrogen-bond acceptors (Lipinski definition) is 8. The number of carbonyl (C=O) groups is 1. The fourth-order valence-corrected chi connectivity index (χ4v) is 3.19. The van der Waals surface area contributed by atoms with E-state index in [0.717, 1.165) is 6.07 Å². The predicted octanol–water partition coefficient (Wildman–Crippen LogP) is 1.65. The Labute approximate surface area is 179 Å². The number of nitrogens with zero attached hydrogens (tertiary/aromatic N) is 2. The number of hydrogen-bond donors (Lipinski definition) is 4. The maximum Gasteiger partial charge on any atom is 0.303 e. The molecule has 1 aliphatic heterocycles. The molecule has 2 aromatic rings. The highest BCUT2D eigenvalue weighted by molar-refractivity contribution is 6.02. The number of alkyl halides is 2. The van der Waals surface area contributed by atoms with Crippen LogP contribution in [0, 0.1) is 11.6 Å². The summed E-state index contributed by atoms with van der Waals surface area (Å²) < 4.78 is 62.7. The van der Waals surface area contributed by atoms with Crippen molar-refractivity contribution in [1.82, 2.24) is 10.5 Å². The molecule has 0 radical (unpaired) electrons. The van der Waals surface area contributed by atoms with Gasteiger partial charge in [-0.05, 0) is 18.2 Å². The number of aliphatic imine (C=N–C) groups is 1. The highest BCUT2D eigenvalue weighted by Crippen LogP contribution is 2.41. The molecule has 1 aromatic heterocycles. The van der Waals surface area contributed by atoms with Crippen molar-refractivity contribution in [2.75, 3.05) is 19.0 Å². The third-order valence-corrected chi connectivity index (χ3v) is 4.80. The molecule has 9 nitrogen and oxygen atoms in total. The Bertz CT molecular complexity index is 1020. The second-order valence-corrected chi connectivity index (χ2v) is 6.89. The van der Waals surface area contributed by atoms with E-state index in [1.54, 1.807) is 0 Å². The van der Waals surface area contributed by atoms with Gasteiger partial charge in [-0.3, -0.25) is 4.79 Å². The molecule has 13 heteroatoms. The van der Waals surface area contributed by atoms with Crippen LogP contribution in [0.15, 0.2) is 35.5 Å². The quantitative estimate of drug-likeness (QED) is 0.485. The molecule has 0 bridgehead atoms. The molecule has 3 rings (SSSR count). The number of carbonyl (C=O) groups excluding carboxylic acids is 1. The molecule has 172 valence electrons. The Morgan fingerprint density at radius 1 is 1.41 bits per heavy atom. The smallest absolute Gasteiger partial charge is 0.303 e. The molecular weight excluding hydrogens is 436 g/mol. The lowest BCUT2D eigenvalue weighted by Crippen LogP contribution is -2.43. The molecule has 2 atom stereocenters. The van der Waals surface area contributed by atoms with Crippen LogP contribution in [-0.2, 0) is 10.4 Å². The number of nitrogens with two attached hydrogens (primary N) is 2. The summed E-state index contributed by atoms with van der Waals surface area (Å²) in [4.78, 5) is 24.8. The second-order valence-electron chi connectivity index (χ2n) is 6.89. The summed E-state index contributed by atoms with van der Waals surface area (Å²) in [5.74, 6) is -3.44. The number of anilines is 1. The van der Waals surface area contributed by atoms with Crippen LogP contribution in [0.2, 0.25) is 0 Å². The summed E-state index contributed by atoms with van der Waals surface area (Å²) in [7, 11) is 1.41. The van der Waals surface area contributed by atoms with Gasteiger partial charge in [-0.15, -0.1) is 5.48 Å². The van der Waals surface area contributed by atoms with Gasteiger partial charge in [0.1, 0.15) is 11.4 Å². The van der Waals surface area contributed by atoms with Gasteiger partial charge in [0.15, 0.2) is 17.2 Å². The number of rotatable bonds is 6. The van der Waals surface area contributed by atoms with E-state index >= 15 is 0 Å². The predicted molar refractivity (Wildman–Crippen MR) is 106 cm³/mol. The minimum Gasteiger partial charge on any atom is -0.495 e. The standard InChI is InChI=1S/C19H20F4N6O3/c1-31-11-2-3-14(26-8-11)16(30)27-9-4-12(15(21)13(20)5-9)19(17(22)23)6-10(7-24)29-32-18(25)28-19/h2-5,8,10,17,29H,6-7,24H2,1H3,(H2,25,28)(H,27,30)/t10-,19-/m0/s1. The van der Waals surface area contributed by atoms with E-state index in [1.807, 2.05) is 0 Å². The van der Waals surface area contributed by atoms with Gasteiger partial charge in [0.05, 0.1) is 19.3 Å². The molecule has 0 saturated heterocycles. The van der Waals surface area contributed by atoms with E-state index < -0.39 is 53.6 Å². The van der Waals surface area contributed by atoms with Gasteiger partial charge < -0.3 is 26.4 Å². The molecule has 0 unspecified atom stereocenters. The first-order valence-electron chi connectivity index (χ1n) is 9.27. The molecule has 6 N–H and O–H groups in total. The number of amides is 1. The average molecular weight is 456 g/mol. The first-order valence-corrected chi connectivity index (χ1v) is 9.27. The van der Waals surface area contributed by atoms with Crippen LogP contribution in [0.1, 0.15) is 22.5 Å². The van der Waals surface area contributed by atoms with Crippen LogP contribution >= 0.6 is 0 Å². The van der Waals surface area contributed by atoms with Crippen molar-refractivity contribution in [3.8, 4) is 5.75 Å². The summed E-state index contributed by atoms with van der Waals surface area (Å²) in [6.45, 7) is -0.180. The Balaban J connectivity index is 2.04. The zero-order valence-corrected chi connectivity index (χ0v) is 16.7. The zero-order valence-electron chi connectivity index (χ0n) is 16.7. The summed E-state index contributed by atoms with van der Waals surface area (Å²) in [6.07, 6.45) is -2.60. The summed E-state index contributed by atoms with van der Waals surface area (Å²) in [5.41, 5.74) is 9.59. The molecule has 2 heterocycles. The minimum atomic E-state index is -3.32. The van der Waals surface area contributed by atoms with Crippen molar-refractivity contribution in [2.24, 2.45) is 16.5 Å². The number of aromatic nitrogens is 1. The van der Waals surface area contributed by atoms with E-state index in [1.165, 1.54) is 25.4 Å². The van der Waals surface area contributed by atoms with E-state index in [0.29, 0.717) is 11.8 Å². The van der Waals surface area contributed by atoms with E-state index in [-0.39, 0.29) is 17.9 Å². The topological polar surface area (TPSA) is 137 Å². The largest absolute Gasteiger partial charge is 0.495 e. The van der Waals surface area contributed by atoms with E-state index in [4.69, 9.17) is 21.0 Å². The Morgan fingerprint density at radius 3 is 2.75 bits per heavy atom. The first kappa shape index (κ1) is 23.2. The molecule has 0 saturated carbocycles. The number of halogens is 4. The van der Waals surface area contributed by atoms with E-state index in [9.17, 15) is 22.4 Å². The number of pyridine rings is 1. The minimum absolute atomic E-state index is 0.0711. The number of ether oxygens (including phenoxy) is 1. The molecular formula is C19H20F4N6O3. The zero-order chi connectivity index (χ0) is 23.5. The van der Waals surface area contributed by atoms with Crippen molar-refractivity contribution in [3.63, 3.8) is 0 Å². The van der Waals surface area contributed by atoms with Crippen LogP contribution in [-0.4, -0.2) is 43.0 Å². The summed E-state index contributed by atoms with van der Waals surface area (Å²) >= 11 is 0. The van der Waals surface area contributed by atoms with Crippen LogP contribution in [0.4, 0.5) is 23.2 Å². The normalized spacial score (nSPS) is 20.8. The monoisotopic (exact) mass is 456 g/mol. The van der Waals surface area contributed by atoms with Crippen molar-refractivity contribution in [3.05, 3.63) is 53.4 Å². The average Bonchev–Trinajstić information content (AvgIpc) is 2.95.